The van der Waals surface area contributed by atoms with Crippen LogP contribution in [-0.4, -0.2) is 32.3 Å². The number of rotatable bonds is 5. The average Bonchev–Trinajstić information content (AvgIpc) is 2.49. The number of nitrogens with two attached hydrogens (primary N) is 1. The van der Waals surface area contributed by atoms with Crippen molar-refractivity contribution >= 4 is 5.69 Å². The summed E-state index contributed by atoms with van der Waals surface area (Å²) in [6, 6.07) is 5.34. The molecule has 1 aliphatic rings. The summed E-state index contributed by atoms with van der Waals surface area (Å²) in [5.41, 5.74) is 7.78. The van der Waals surface area contributed by atoms with E-state index in [0.29, 0.717) is 12.5 Å². The van der Waals surface area contributed by atoms with Gasteiger partial charge in [0.25, 0.3) is 0 Å². The van der Waals surface area contributed by atoms with E-state index < -0.39 is 0 Å². The van der Waals surface area contributed by atoms with Crippen LogP contribution in [0.5, 0.6) is 0 Å². The Balaban J connectivity index is 2.17. The van der Waals surface area contributed by atoms with Gasteiger partial charge in [0, 0.05) is 37.5 Å². The topological polar surface area (TPSA) is 38.5 Å². The number of hydrogen-bond donors (Lipinski definition) is 1. The second kappa shape index (κ2) is 7.04. The zero-order valence-electron chi connectivity index (χ0n) is 12.4. The number of nitrogens with zero attached hydrogens (tertiary/aromatic N) is 1. The highest BCUT2D eigenvalue weighted by Gasteiger charge is 2.22. The van der Waals surface area contributed by atoms with Crippen LogP contribution in [0.1, 0.15) is 31.7 Å². The fraction of sp³-hybridized carbons (Fsp3) is 0.625. The van der Waals surface area contributed by atoms with Crippen LogP contribution < -0.4 is 10.6 Å². The lowest BCUT2D eigenvalue weighted by atomic mass is 9.99. The quantitative estimate of drug-likeness (QED) is 0.901. The lowest BCUT2D eigenvalue weighted by Gasteiger charge is -2.34. The number of anilines is 1. The third kappa shape index (κ3) is 3.49. The molecule has 1 aromatic rings. The first-order valence-electron chi connectivity index (χ1n) is 7.46. The number of ether oxygens (including phenoxy) is 1. The maximum Gasteiger partial charge on any atom is 0.128 e. The van der Waals surface area contributed by atoms with E-state index in [2.05, 4.69) is 4.90 Å². The van der Waals surface area contributed by atoms with Crippen LogP contribution in [0, 0.1) is 5.82 Å². The van der Waals surface area contributed by atoms with E-state index in [0.717, 1.165) is 43.6 Å². The summed E-state index contributed by atoms with van der Waals surface area (Å²) in [5, 5.41) is 0. The highest BCUT2D eigenvalue weighted by atomic mass is 19.1. The molecule has 2 N–H and O–H groups in total. The summed E-state index contributed by atoms with van der Waals surface area (Å²) in [6.07, 6.45) is 3.78. The van der Waals surface area contributed by atoms with E-state index in [9.17, 15) is 4.39 Å². The Morgan fingerprint density at radius 3 is 2.70 bits per heavy atom. The molecule has 1 aliphatic heterocycles. The van der Waals surface area contributed by atoms with Crippen LogP contribution in [0.3, 0.4) is 0 Å². The molecule has 1 fully saturated rings. The minimum atomic E-state index is -0.139. The number of halogens is 1. The van der Waals surface area contributed by atoms with E-state index in [1.165, 1.54) is 6.07 Å². The summed E-state index contributed by atoms with van der Waals surface area (Å²) in [7, 11) is 1.76. The minimum absolute atomic E-state index is 0.0159. The molecule has 0 spiro atoms. The lowest BCUT2D eigenvalue weighted by molar-refractivity contribution is 0.0819. The first kappa shape index (κ1) is 15.3. The van der Waals surface area contributed by atoms with Gasteiger partial charge in [0.15, 0.2) is 0 Å². The maximum atomic E-state index is 14.1. The van der Waals surface area contributed by atoms with Gasteiger partial charge in [-0.05, 0) is 37.8 Å². The second-order valence-electron chi connectivity index (χ2n) is 5.53. The van der Waals surface area contributed by atoms with Gasteiger partial charge in [-0.15, -0.1) is 0 Å². The molecule has 1 heterocycles. The Hall–Kier alpha value is -1.13. The predicted molar refractivity (Wildman–Crippen MR) is 80.6 cm³/mol. The average molecular weight is 280 g/mol. The van der Waals surface area contributed by atoms with Crippen LogP contribution in [0.25, 0.3) is 0 Å². The SMILES string of the molecule is CCC(N)Cc1c(F)cccc1N1CCC(OC)CC1. The van der Waals surface area contributed by atoms with Gasteiger partial charge < -0.3 is 15.4 Å². The van der Waals surface area contributed by atoms with E-state index >= 15 is 0 Å². The van der Waals surface area contributed by atoms with Gasteiger partial charge in [-0.2, -0.15) is 0 Å². The van der Waals surface area contributed by atoms with Gasteiger partial charge in [0.2, 0.25) is 0 Å². The Kier molecular flexibility index (Phi) is 5.38. The van der Waals surface area contributed by atoms with Crippen molar-refractivity contribution in [2.24, 2.45) is 5.73 Å². The molecule has 0 radical (unpaired) electrons. The van der Waals surface area contributed by atoms with Gasteiger partial charge in [0.05, 0.1) is 6.10 Å². The molecule has 0 bridgehead atoms. The standard InChI is InChI=1S/C16H25FN2O/c1-3-12(18)11-14-15(17)5-4-6-16(14)19-9-7-13(20-2)8-10-19/h4-6,12-13H,3,7-11,18H2,1-2H3. The number of methoxy groups -OCH3 is 1. The lowest BCUT2D eigenvalue weighted by Crippen LogP contribution is -2.37. The normalized spacial score (nSPS) is 18.3. The van der Waals surface area contributed by atoms with Gasteiger partial charge in [-0.1, -0.05) is 13.0 Å². The molecular formula is C16H25FN2O. The fourth-order valence-corrected chi connectivity index (χ4v) is 2.78. The first-order chi connectivity index (χ1) is 9.65. The monoisotopic (exact) mass is 280 g/mol. The molecule has 0 aromatic heterocycles. The molecule has 1 unspecified atom stereocenters. The largest absolute Gasteiger partial charge is 0.381 e. The Labute approximate surface area is 120 Å². The molecule has 1 aromatic carbocycles. The summed E-state index contributed by atoms with van der Waals surface area (Å²) < 4.78 is 19.5. The smallest absolute Gasteiger partial charge is 0.128 e. The van der Waals surface area contributed by atoms with Crippen LogP contribution in [0.15, 0.2) is 18.2 Å². The molecule has 20 heavy (non-hydrogen) atoms. The van der Waals surface area contributed by atoms with Crippen LogP contribution in [0.4, 0.5) is 10.1 Å². The zero-order valence-corrected chi connectivity index (χ0v) is 12.4. The van der Waals surface area contributed by atoms with Crippen LogP contribution >= 0.6 is 0 Å². The molecule has 0 saturated carbocycles. The first-order valence-corrected chi connectivity index (χ1v) is 7.46. The van der Waals surface area contributed by atoms with Crippen molar-refractivity contribution < 1.29 is 9.13 Å². The molecular weight excluding hydrogens is 255 g/mol. The van der Waals surface area contributed by atoms with Crippen LogP contribution in [0.2, 0.25) is 0 Å². The molecule has 0 amide bonds. The molecule has 112 valence electrons. The maximum absolute atomic E-state index is 14.1. The van der Waals surface area contributed by atoms with E-state index in [-0.39, 0.29) is 11.9 Å². The molecule has 1 saturated heterocycles. The van der Waals surface area contributed by atoms with Crippen molar-refractivity contribution in [2.45, 2.75) is 44.8 Å². The van der Waals surface area contributed by atoms with E-state index in [1.54, 1.807) is 13.2 Å². The van der Waals surface area contributed by atoms with Crippen molar-refractivity contribution in [3.8, 4) is 0 Å². The van der Waals surface area contributed by atoms with Crippen molar-refractivity contribution in [3.63, 3.8) is 0 Å². The van der Waals surface area contributed by atoms with Crippen molar-refractivity contribution in [1.29, 1.82) is 0 Å². The Morgan fingerprint density at radius 2 is 2.10 bits per heavy atom. The van der Waals surface area contributed by atoms with E-state index in [4.69, 9.17) is 10.5 Å². The molecule has 2 rings (SSSR count). The zero-order chi connectivity index (χ0) is 14.5. The number of piperidine rings is 1. The number of hydrogen-bond acceptors (Lipinski definition) is 3. The highest BCUT2D eigenvalue weighted by Crippen LogP contribution is 2.28. The van der Waals surface area contributed by atoms with Gasteiger partial charge in [-0.3, -0.25) is 0 Å². The Bertz CT molecular complexity index is 430. The van der Waals surface area contributed by atoms with Crippen molar-refractivity contribution in [3.05, 3.63) is 29.6 Å². The van der Waals surface area contributed by atoms with Gasteiger partial charge in [0.1, 0.15) is 5.82 Å². The summed E-state index contributed by atoms with van der Waals surface area (Å²) in [4.78, 5) is 2.26. The molecule has 0 aliphatic carbocycles. The highest BCUT2D eigenvalue weighted by molar-refractivity contribution is 5.55. The third-order valence-corrected chi connectivity index (χ3v) is 4.20. The molecule has 1 atom stereocenters. The van der Waals surface area contributed by atoms with Crippen molar-refractivity contribution in [2.75, 3.05) is 25.1 Å². The molecule has 4 heteroatoms. The van der Waals surface area contributed by atoms with Crippen LogP contribution in [-0.2, 0) is 11.2 Å². The van der Waals surface area contributed by atoms with Gasteiger partial charge >= 0.3 is 0 Å². The third-order valence-electron chi connectivity index (χ3n) is 4.20. The summed E-state index contributed by atoms with van der Waals surface area (Å²) >= 11 is 0. The van der Waals surface area contributed by atoms with E-state index in [1.807, 2.05) is 13.0 Å². The predicted octanol–water partition coefficient (Wildman–Crippen LogP) is 2.72. The second-order valence-corrected chi connectivity index (χ2v) is 5.53. The van der Waals surface area contributed by atoms with Crippen molar-refractivity contribution in [1.82, 2.24) is 0 Å². The van der Waals surface area contributed by atoms with Gasteiger partial charge in [-0.25, -0.2) is 4.39 Å². The minimum Gasteiger partial charge on any atom is -0.381 e. The Morgan fingerprint density at radius 1 is 1.40 bits per heavy atom. The summed E-state index contributed by atoms with van der Waals surface area (Å²) in [5.74, 6) is -0.139. The molecule has 3 nitrogen and oxygen atoms in total. The fourth-order valence-electron chi connectivity index (χ4n) is 2.78. The summed E-state index contributed by atoms with van der Waals surface area (Å²) in [6.45, 7) is 3.86. The number of benzene rings is 1.